The van der Waals surface area contributed by atoms with Gasteiger partial charge in [-0.3, -0.25) is 24.2 Å². The van der Waals surface area contributed by atoms with Crippen LogP contribution in [0.25, 0.3) is 0 Å². The molecule has 0 N–H and O–H groups in total. The summed E-state index contributed by atoms with van der Waals surface area (Å²) < 4.78 is 5.90. The van der Waals surface area contributed by atoms with Crippen molar-refractivity contribution in [3.05, 3.63) is 41.4 Å². The van der Waals surface area contributed by atoms with E-state index in [1.807, 2.05) is 18.2 Å². The number of ether oxygens (including phenoxy) is 1. The Morgan fingerprint density at radius 3 is 2.36 bits per heavy atom. The molecule has 2 aliphatic heterocycles. The lowest BCUT2D eigenvalue weighted by Crippen LogP contribution is -2.51. The van der Waals surface area contributed by atoms with Gasteiger partial charge in [-0.05, 0) is 42.9 Å². The summed E-state index contributed by atoms with van der Waals surface area (Å²) in [4.78, 5) is 45.1. The van der Waals surface area contributed by atoms with E-state index in [-0.39, 0.29) is 48.0 Å². The molecule has 2 saturated heterocycles. The maximum Gasteiger partial charge on any atom is 0.306 e. The van der Waals surface area contributed by atoms with Crippen LogP contribution in [-0.2, 0) is 19.1 Å². The number of rotatable bonds is 10. The predicted molar refractivity (Wildman–Crippen MR) is 139 cm³/mol. The third-order valence-corrected chi connectivity index (χ3v) is 8.47. The normalized spacial score (nSPS) is 28.2. The number of nitrogens with zero attached hydrogens (tertiary/aromatic N) is 3. The van der Waals surface area contributed by atoms with Gasteiger partial charge in [-0.15, -0.1) is 0 Å². The molecule has 2 bridgehead atoms. The number of carbonyl (C=O) groups excluding carboxylic acids is 3. The molecule has 8 heteroatoms. The van der Waals surface area contributed by atoms with Crippen molar-refractivity contribution in [2.24, 2.45) is 23.7 Å². The molecule has 2 amide bonds. The van der Waals surface area contributed by atoms with Crippen molar-refractivity contribution in [3.63, 3.8) is 0 Å². The van der Waals surface area contributed by atoms with Gasteiger partial charge in [-0.25, -0.2) is 0 Å². The average molecular weight is 514 g/mol. The van der Waals surface area contributed by atoms with E-state index in [1.165, 1.54) is 4.90 Å². The van der Waals surface area contributed by atoms with Crippen LogP contribution in [-0.4, -0.2) is 73.0 Å². The molecule has 2 aliphatic carbocycles. The van der Waals surface area contributed by atoms with Crippen LogP contribution in [0.4, 0.5) is 5.69 Å². The first-order chi connectivity index (χ1) is 17.4. The monoisotopic (exact) mass is 513 g/mol. The highest BCUT2D eigenvalue weighted by Gasteiger charge is 2.59. The SMILES string of the molecule is CCCCCC(=O)OC(CN1CCN(c2cccc(Cl)c2)CC1)CN1C(=O)C2C3C=CC(C3)C2C1=O. The van der Waals surface area contributed by atoms with Crippen LogP contribution in [0.15, 0.2) is 36.4 Å². The van der Waals surface area contributed by atoms with E-state index in [0.717, 1.165) is 62.6 Å². The smallest absolute Gasteiger partial charge is 0.306 e. The van der Waals surface area contributed by atoms with Crippen LogP contribution in [0.5, 0.6) is 0 Å². The zero-order valence-corrected chi connectivity index (χ0v) is 21.7. The first-order valence-corrected chi connectivity index (χ1v) is 13.8. The number of imide groups is 1. The van der Waals surface area contributed by atoms with Crippen LogP contribution in [0.1, 0.15) is 39.0 Å². The molecule has 36 heavy (non-hydrogen) atoms. The van der Waals surface area contributed by atoms with Gasteiger partial charge in [0, 0.05) is 49.9 Å². The van der Waals surface area contributed by atoms with E-state index >= 15 is 0 Å². The quantitative estimate of drug-likeness (QED) is 0.205. The van der Waals surface area contributed by atoms with Crippen LogP contribution in [0.2, 0.25) is 5.02 Å². The summed E-state index contributed by atoms with van der Waals surface area (Å²) >= 11 is 6.17. The van der Waals surface area contributed by atoms with Crippen LogP contribution in [0, 0.1) is 23.7 Å². The van der Waals surface area contributed by atoms with Gasteiger partial charge in [-0.1, -0.05) is 49.6 Å². The maximum absolute atomic E-state index is 13.2. The molecule has 194 valence electrons. The van der Waals surface area contributed by atoms with Crippen molar-refractivity contribution in [2.75, 3.05) is 44.2 Å². The first-order valence-electron chi connectivity index (χ1n) is 13.4. The van der Waals surface area contributed by atoms with Crippen LogP contribution < -0.4 is 4.90 Å². The van der Waals surface area contributed by atoms with Gasteiger partial charge in [0.2, 0.25) is 11.8 Å². The minimum atomic E-state index is -0.519. The van der Waals surface area contributed by atoms with Gasteiger partial charge in [0.25, 0.3) is 0 Å². The Kier molecular flexibility index (Phi) is 7.68. The fraction of sp³-hybridized carbons (Fsp3) is 0.607. The van der Waals surface area contributed by atoms with Crippen LogP contribution >= 0.6 is 11.6 Å². The Bertz CT molecular complexity index is 992. The van der Waals surface area contributed by atoms with Gasteiger partial charge in [0.15, 0.2) is 0 Å². The lowest BCUT2D eigenvalue weighted by Gasteiger charge is -2.38. The summed E-state index contributed by atoms with van der Waals surface area (Å²) in [6, 6.07) is 7.87. The molecule has 7 nitrogen and oxygen atoms in total. The molecule has 5 atom stereocenters. The Hall–Kier alpha value is -2.38. The third-order valence-electron chi connectivity index (χ3n) is 8.24. The number of anilines is 1. The Labute approximate surface area is 218 Å². The van der Waals surface area contributed by atoms with Gasteiger partial charge in [0.05, 0.1) is 18.4 Å². The van der Waals surface area contributed by atoms with E-state index in [4.69, 9.17) is 16.3 Å². The molecule has 2 heterocycles. The number of benzene rings is 1. The number of fused-ring (bicyclic) bond motifs is 5. The summed E-state index contributed by atoms with van der Waals surface area (Å²) in [5.74, 6) is -0.511. The summed E-state index contributed by atoms with van der Waals surface area (Å²) in [5, 5.41) is 0.721. The predicted octanol–water partition coefficient (Wildman–Crippen LogP) is 3.76. The number of amides is 2. The standard InChI is InChI=1S/C28H36ClN3O4/c1-2-3-4-8-24(33)36-23(17-30-11-13-31(14-12-30)22-7-5-6-21(29)16-22)18-32-27(34)25-19-9-10-20(15-19)26(25)28(32)35/h5-7,9-10,16,19-20,23,25-26H,2-4,8,11-15,17-18H2,1H3. The molecule has 1 aromatic carbocycles. The second-order valence-corrected chi connectivity index (χ2v) is 11.1. The number of likely N-dealkylation sites (tertiary alicyclic amines) is 1. The summed E-state index contributed by atoms with van der Waals surface area (Å²) in [6.45, 7) is 6.03. The Balaban J connectivity index is 1.22. The molecule has 4 aliphatic rings. The number of hydrogen-bond donors (Lipinski definition) is 0. The largest absolute Gasteiger partial charge is 0.459 e. The van der Waals surface area contributed by atoms with E-state index in [2.05, 4.69) is 34.9 Å². The second-order valence-electron chi connectivity index (χ2n) is 10.6. The molecule has 1 saturated carbocycles. The third kappa shape index (κ3) is 5.18. The van der Waals surface area contributed by atoms with Crippen molar-refractivity contribution in [3.8, 4) is 0 Å². The van der Waals surface area contributed by atoms with Crippen molar-refractivity contribution in [1.82, 2.24) is 9.80 Å². The number of carbonyl (C=O) groups is 3. The minimum Gasteiger partial charge on any atom is -0.459 e. The fourth-order valence-electron chi connectivity index (χ4n) is 6.39. The van der Waals surface area contributed by atoms with Crippen LogP contribution in [0.3, 0.4) is 0 Å². The summed E-state index contributed by atoms with van der Waals surface area (Å²) in [5.41, 5.74) is 1.10. The van der Waals surface area contributed by atoms with Gasteiger partial charge < -0.3 is 9.64 Å². The van der Waals surface area contributed by atoms with Crippen molar-refractivity contribution in [2.45, 2.75) is 45.1 Å². The number of hydrogen-bond acceptors (Lipinski definition) is 6. The van der Waals surface area contributed by atoms with Gasteiger partial charge in [0.1, 0.15) is 6.10 Å². The molecule has 0 radical (unpaired) electrons. The lowest BCUT2D eigenvalue weighted by atomic mass is 9.85. The van der Waals surface area contributed by atoms with Gasteiger partial charge >= 0.3 is 5.97 Å². The zero-order valence-electron chi connectivity index (χ0n) is 21.0. The maximum atomic E-state index is 13.2. The highest BCUT2D eigenvalue weighted by molar-refractivity contribution is 6.30. The van der Waals surface area contributed by atoms with E-state index in [0.29, 0.717) is 13.0 Å². The Morgan fingerprint density at radius 1 is 1.03 bits per heavy atom. The first kappa shape index (κ1) is 25.3. The molecule has 3 fully saturated rings. The fourth-order valence-corrected chi connectivity index (χ4v) is 6.58. The number of esters is 1. The number of unbranched alkanes of at least 4 members (excludes halogenated alkanes) is 2. The molecule has 0 spiro atoms. The lowest BCUT2D eigenvalue weighted by molar-refractivity contribution is -0.155. The number of allylic oxidation sites excluding steroid dienone is 2. The highest BCUT2D eigenvalue weighted by atomic mass is 35.5. The summed E-state index contributed by atoms with van der Waals surface area (Å²) in [6.07, 6.45) is 7.77. The number of halogens is 1. The van der Waals surface area contributed by atoms with E-state index < -0.39 is 6.10 Å². The molecule has 5 rings (SSSR count). The van der Waals surface area contributed by atoms with E-state index in [1.54, 1.807) is 0 Å². The minimum absolute atomic E-state index is 0.0837. The van der Waals surface area contributed by atoms with Crippen molar-refractivity contribution < 1.29 is 19.1 Å². The van der Waals surface area contributed by atoms with Crippen molar-refractivity contribution >= 4 is 35.1 Å². The molecule has 0 aromatic heterocycles. The summed E-state index contributed by atoms with van der Waals surface area (Å²) in [7, 11) is 0. The van der Waals surface area contributed by atoms with Crippen molar-refractivity contribution in [1.29, 1.82) is 0 Å². The van der Waals surface area contributed by atoms with E-state index in [9.17, 15) is 14.4 Å². The average Bonchev–Trinajstić information content (AvgIpc) is 3.55. The topological polar surface area (TPSA) is 70.2 Å². The highest BCUT2D eigenvalue weighted by Crippen LogP contribution is 2.52. The Morgan fingerprint density at radius 2 is 1.72 bits per heavy atom. The zero-order chi connectivity index (χ0) is 25.2. The second kappa shape index (κ2) is 10.9. The molecular weight excluding hydrogens is 478 g/mol. The number of piperazine rings is 1. The molecule has 1 aromatic rings. The molecular formula is C28H36ClN3O4. The molecule has 5 unspecified atom stereocenters. The van der Waals surface area contributed by atoms with Gasteiger partial charge in [-0.2, -0.15) is 0 Å².